The Kier molecular flexibility index (Phi) is 2.66. The molecule has 11 heavy (non-hydrogen) atoms. The summed E-state index contributed by atoms with van der Waals surface area (Å²) in [5, 5.41) is -1.18. The molecule has 0 aliphatic rings. The molecule has 0 spiro atoms. The van der Waals surface area contributed by atoms with E-state index < -0.39 is 19.9 Å². The third kappa shape index (κ3) is 1.92. The molecular weight excluding hydrogens is 168 g/mol. The number of rotatable bonds is 0. The molecular formula is C6H12O4S. The van der Waals surface area contributed by atoms with Crippen molar-refractivity contribution in [2.45, 2.75) is 25.5 Å². The van der Waals surface area contributed by atoms with E-state index in [4.69, 9.17) is 0 Å². The van der Waals surface area contributed by atoms with Gasteiger partial charge in [-0.05, 0) is 20.8 Å². The van der Waals surface area contributed by atoms with Gasteiger partial charge in [0.2, 0.25) is 0 Å². The first kappa shape index (κ1) is 10.4. The van der Waals surface area contributed by atoms with Crippen molar-refractivity contribution < 1.29 is 17.9 Å². The summed E-state index contributed by atoms with van der Waals surface area (Å²) in [6, 6.07) is 0. The molecule has 0 atom stereocenters. The van der Waals surface area contributed by atoms with Gasteiger partial charge in [0.15, 0.2) is 0 Å². The fraction of sp³-hybridized carbons (Fsp3) is 0.833. The summed E-state index contributed by atoms with van der Waals surface area (Å²) in [6.45, 7) is 4.33. The lowest BCUT2D eigenvalue weighted by molar-refractivity contribution is 0.196. The average molecular weight is 180 g/mol. The number of carbonyl (C=O) groups is 1. The maximum atomic E-state index is 11.1. The van der Waals surface area contributed by atoms with Gasteiger partial charge < -0.3 is 4.74 Å². The van der Waals surface area contributed by atoms with Gasteiger partial charge in [-0.25, -0.2) is 13.2 Å². The lowest BCUT2D eigenvalue weighted by Crippen LogP contribution is -2.34. The third-order valence-corrected chi connectivity index (χ3v) is 3.41. The fourth-order valence-electron chi connectivity index (χ4n) is 0.360. The quantitative estimate of drug-likeness (QED) is 0.521. The summed E-state index contributed by atoms with van der Waals surface area (Å²) in [4.78, 5) is 10.7. The van der Waals surface area contributed by atoms with E-state index in [2.05, 4.69) is 4.74 Å². The van der Waals surface area contributed by atoms with Crippen LogP contribution in [0.1, 0.15) is 20.8 Å². The Morgan fingerprint density at radius 3 is 1.73 bits per heavy atom. The highest BCUT2D eigenvalue weighted by molar-refractivity contribution is 8.06. The van der Waals surface area contributed by atoms with E-state index in [-0.39, 0.29) is 0 Å². The van der Waals surface area contributed by atoms with E-state index >= 15 is 0 Å². The minimum atomic E-state index is -3.79. The highest BCUT2D eigenvalue weighted by Crippen LogP contribution is 2.17. The first-order chi connectivity index (χ1) is 4.73. The van der Waals surface area contributed by atoms with Crippen LogP contribution in [0.5, 0.6) is 0 Å². The molecule has 0 aliphatic carbocycles. The molecule has 0 saturated carbocycles. The lowest BCUT2D eigenvalue weighted by atomic mass is 10.3. The maximum Gasteiger partial charge on any atom is 0.425 e. The van der Waals surface area contributed by atoms with E-state index in [0.717, 1.165) is 7.11 Å². The predicted octanol–water partition coefficient (Wildman–Crippen LogP) is 0.966. The zero-order valence-electron chi connectivity index (χ0n) is 7.04. The van der Waals surface area contributed by atoms with Gasteiger partial charge in [-0.15, -0.1) is 0 Å². The molecule has 66 valence electrons. The van der Waals surface area contributed by atoms with Crippen molar-refractivity contribution in [1.29, 1.82) is 0 Å². The van der Waals surface area contributed by atoms with Gasteiger partial charge in [0.05, 0.1) is 11.9 Å². The average Bonchev–Trinajstić information content (AvgIpc) is 1.83. The standard InChI is InChI=1S/C6H12O4S/c1-6(2,3)11(8,9)5(7)10-4/h1-4H3. The molecule has 4 nitrogen and oxygen atoms in total. The largest absolute Gasteiger partial charge is 0.457 e. The molecule has 0 aromatic heterocycles. The Morgan fingerprint density at radius 2 is 1.64 bits per heavy atom. The molecule has 0 rings (SSSR count). The third-order valence-electron chi connectivity index (χ3n) is 1.19. The number of sulfone groups is 1. The number of methoxy groups -OCH3 is 1. The Hall–Kier alpha value is -0.580. The van der Waals surface area contributed by atoms with Gasteiger partial charge in [0.1, 0.15) is 0 Å². The van der Waals surface area contributed by atoms with E-state index in [1.807, 2.05) is 0 Å². The summed E-state index contributed by atoms with van der Waals surface area (Å²) < 4.78 is 25.2. The number of hydrogen-bond acceptors (Lipinski definition) is 4. The summed E-state index contributed by atoms with van der Waals surface area (Å²) in [6.07, 6.45) is 0. The van der Waals surface area contributed by atoms with Gasteiger partial charge in [-0.3, -0.25) is 0 Å². The van der Waals surface area contributed by atoms with Crippen LogP contribution in [0.3, 0.4) is 0 Å². The van der Waals surface area contributed by atoms with Crippen LogP contribution in [0.25, 0.3) is 0 Å². The zero-order chi connectivity index (χ0) is 9.28. The Balaban J connectivity index is 4.93. The highest BCUT2D eigenvalue weighted by Gasteiger charge is 2.37. The topological polar surface area (TPSA) is 60.4 Å². The monoisotopic (exact) mass is 180 g/mol. The molecule has 0 fully saturated rings. The SMILES string of the molecule is COC(=O)S(=O)(=O)C(C)(C)C. The Bertz CT molecular complexity index is 244. The Morgan fingerprint density at radius 1 is 1.27 bits per heavy atom. The summed E-state index contributed by atoms with van der Waals surface area (Å²) in [7, 11) is -2.74. The normalized spacial score (nSPS) is 12.7. The van der Waals surface area contributed by atoms with Crippen molar-refractivity contribution in [3.05, 3.63) is 0 Å². The van der Waals surface area contributed by atoms with E-state index in [9.17, 15) is 13.2 Å². The van der Waals surface area contributed by atoms with Crippen LogP contribution in [-0.4, -0.2) is 25.6 Å². The van der Waals surface area contributed by atoms with Crippen molar-refractivity contribution in [2.75, 3.05) is 7.11 Å². The number of carbonyl (C=O) groups excluding carboxylic acids is 1. The van der Waals surface area contributed by atoms with Crippen molar-refractivity contribution in [3.63, 3.8) is 0 Å². The maximum absolute atomic E-state index is 11.1. The van der Waals surface area contributed by atoms with Gasteiger partial charge in [-0.2, -0.15) is 0 Å². The molecule has 0 N–H and O–H groups in total. The van der Waals surface area contributed by atoms with Gasteiger partial charge in [-0.1, -0.05) is 0 Å². The fourth-order valence-corrected chi connectivity index (χ4v) is 1.08. The van der Waals surface area contributed by atoms with E-state index in [1.165, 1.54) is 20.8 Å². The molecule has 0 bridgehead atoms. The summed E-state index contributed by atoms with van der Waals surface area (Å²) in [5.74, 6) is 0. The van der Waals surface area contributed by atoms with Crippen LogP contribution in [0.4, 0.5) is 4.79 Å². The number of hydrogen-bond donors (Lipinski definition) is 0. The lowest BCUT2D eigenvalue weighted by Gasteiger charge is -2.15. The van der Waals surface area contributed by atoms with Crippen LogP contribution in [-0.2, 0) is 14.6 Å². The van der Waals surface area contributed by atoms with Gasteiger partial charge in [0, 0.05) is 0 Å². The highest BCUT2D eigenvalue weighted by atomic mass is 32.2. The van der Waals surface area contributed by atoms with Gasteiger partial charge >= 0.3 is 5.30 Å². The predicted molar refractivity (Wildman–Crippen MR) is 41.1 cm³/mol. The smallest absolute Gasteiger partial charge is 0.425 e. The summed E-state index contributed by atoms with van der Waals surface area (Å²) in [5.41, 5.74) is 0. The van der Waals surface area contributed by atoms with E-state index in [1.54, 1.807) is 0 Å². The van der Waals surface area contributed by atoms with Crippen LogP contribution in [0.2, 0.25) is 0 Å². The van der Waals surface area contributed by atoms with Crippen LogP contribution >= 0.6 is 0 Å². The molecule has 0 aliphatic heterocycles. The molecule has 0 aromatic carbocycles. The molecule has 0 radical (unpaired) electrons. The van der Waals surface area contributed by atoms with Crippen molar-refractivity contribution in [3.8, 4) is 0 Å². The summed E-state index contributed by atoms with van der Waals surface area (Å²) >= 11 is 0. The van der Waals surface area contributed by atoms with Crippen LogP contribution < -0.4 is 0 Å². The molecule has 0 saturated heterocycles. The number of ether oxygens (including phenoxy) is 1. The molecule has 0 unspecified atom stereocenters. The molecule has 0 amide bonds. The van der Waals surface area contributed by atoms with Crippen molar-refractivity contribution in [1.82, 2.24) is 0 Å². The van der Waals surface area contributed by atoms with Crippen molar-refractivity contribution >= 4 is 15.1 Å². The van der Waals surface area contributed by atoms with Crippen molar-refractivity contribution in [2.24, 2.45) is 0 Å². The Labute approximate surface area is 66.5 Å². The first-order valence-corrected chi connectivity index (χ1v) is 4.54. The minimum Gasteiger partial charge on any atom is -0.457 e. The second-order valence-electron chi connectivity index (χ2n) is 3.07. The second kappa shape index (κ2) is 2.81. The molecule has 5 heteroatoms. The van der Waals surface area contributed by atoms with Crippen LogP contribution in [0.15, 0.2) is 0 Å². The second-order valence-corrected chi connectivity index (χ2v) is 5.63. The zero-order valence-corrected chi connectivity index (χ0v) is 7.86. The molecule has 0 aromatic rings. The van der Waals surface area contributed by atoms with Gasteiger partial charge in [0.25, 0.3) is 9.84 Å². The molecule has 0 heterocycles. The van der Waals surface area contributed by atoms with E-state index in [0.29, 0.717) is 0 Å². The van der Waals surface area contributed by atoms with Crippen LogP contribution in [0, 0.1) is 0 Å². The first-order valence-electron chi connectivity index (χ1n) is 3.06. The minimum absolute atomic E-state index is 1.05.